The predicted molar refractivity (Wildman–Crippen MR) is 75.1 cm³/mol. The molecule has 0 amide bonds. The molecule has 102 valence electrons. The summed E-state index contributed by atoms with van der Waals surface area (Å²) in [5.41, 5.74) is 1.70. The van der Waals surface area contributed by atoms with Crippen LogP contribution < -0.4 is 9.47 Å². The number of aryl methyl sites for hydroxylation is 1. The van der Waals surface area contributed by atoms with E-state index in [2.05, 4.69) is 5.10 Å². The molecule has 4 nitrogen and oxygen atoms in total. The van der Waals surface area contributed by atoms with E-state index < -0.39 is 0 Å². The molecule has 2 rings (SSSR count). The van der Waals surface area contributed by atoms with Crippen LogP contribution in [0, 0.1) is 0 Å². The van der Waals surface area contributed by atoms with Crippen molar-refractivity contribution in [3.05, 3.63) is 40.7 Å². The summed E-state index contributed by atoms with van der Waals surface area (Å²) in [6.07, 6.45) is 1.86. The van der Waals surface area contributed by atoms with E-state index in [9.17, 15) is 0 Å². The van der Waals surface area contributed by atoms with Crippen LogP contribution in [-0.4, -0.2) is 16.9 Å². The van der Waals surface area contributed by atoms with Crippen molar-refractivity contribution in [1.29, 1.82) is 0 Å². The third kappa shape index (κ3) is 3.33. The summed E-state index contributed by atoms with van der Waals surface area (Å²) in [5, 5.41) is 4.71. The number of hydrogen-bond acceptors (Lipinski definition) is 3. The molecule has 6 heteroatoms. The molecular weight excluding hydrogens is 287 g/mol. The lowest BCUT2D eigenvalue weighted by Crippen LogP contribution is -2.00. The molecule has 0 atom stereocenters. The Hall–Kier alpha value is -1.39. The molecule has 0 saturated heterocycles. The summed E-state index contributed by atoms with van der Waals surface area (Å²) >= 11 is 12.0. The van der Waals surface area contributed by atoms with Gasteiger partial charge < -0.3 is 9.47 Å². The second kappa shape index (κ2) is 6.17. The number of aromatic nitrogens is 2. The van der Waals surface area contributed by atoms with E-state index in [0.717, 1.165) is 11.3 Å². The van der Waals surface area contributed by atoms with Crippen molar-refractivity contribution in [3.63, 3.8) is 0 Å². The van der Waals surface area contributed by atoms with Gasteiger partial charge in [0.05, 0.1) is 17.8 Å². The van der Waals surface area contributed by atoms with Crippen LogP contribution in [0.4, 0.5) is 0 Å². The summed E-state index contributed by atoms with van der Waals surface area (Å²) < 4.78 is 12.7. The number of ether oxygens (including phenoxy) is 2. The van der Waals surface area contributed by atoms with Crippen molar-refractivity contribution < 1.29 is 9.47 Å². The van der Waals surface area contributed by atoms with Crippen molar-refractivity contribution in [3.8, 4) is 11.5 Å². The Morgan fingerprint density at radius 3 is 2.74 bits per heavy atom. The highest BCUT2D eigenvalue weighted by Gasteiger charge is 2.12. The van der Waals surface area contributed by atoms with Gasteiger partial charge in [-0.25, -0.2) is 0 Å². The van der Waals surface area contributed by atoms with Crippen LogP contribution in [0.25, 0.3) is 0 Å². The Morgan fingerprint density at radius 2 is 2.16 bits per heavy atom. The Kier molecular flexibility index (Phi) is 4.56. The Labute approximate surface area is 121 Å². The van der Waals surface area contributed by atoms with Gasteiger partial charge in [0.1, 0.15) is 6.61 Å². The normalized spacial score (nSPS) is 10.5. The van der Waals surface area contributed by atoms with Gasteiger partial charge in [0.15, 0.2) is 11.5 Å². The quantitative estimate of drug-likeness (QED) is 0.794. The molecule has 0 fully saturated rings. The summed E-state index contributed by atoms with van der Waals surface area (Å²) in [6, 6.07) is 5.46. The Morgan fingerprint density at radius 1 is 1.37 bits per heavy atom. The molecule has 0 N–H and O–H groups in total. The molecule has 1 heterocycles. The SMILES string of the molecule is COc1cc(CCl)cc(Cl)c1OCc1ccn(C)n1. The topological polar surface area (TPSA) is 36.3 Å². The lowest BCUT2D eigenvalue weighted by atomic mass is 10.2. The van der Waals surface area contributed by atoms with Gasteiger partial charge in [0, 0.05) is 19.1 Å². The number of hydrogen-bond donors (Lipinski definition) is 0. The van der Waals surface area contributed by atoms with Crippen LogP contribution in [-0.2, 0) is 19.5 Å². The highest BCUT2D eigenvalue weighted by Crippen LogP contribution is 2.37. The van der Waals surface area contributed by atoms with E-state index in [-0.39, 0.29) is 0 Å². The lowest BCUT2D eigenvalue weighted by Gasteiger charge is -2.12. The maximum Gasteiger partial charge on any atom is 0.180 e. The second-order valence-electron chi connectivity index (χ2n) is 4.01. The molecular formula is C13H14Cl2N2O2. The van der Waals surface area contributed by atoms with Gasteiger partial charge in [0.2, 0.25) is 0 Å². The van der Waals surface area contributed by atoms with Crippen molar-refractivity contribution in [1.82, 2.24) is 9.78 Å². The van der Waals surface area contributed by atoms with Crippen molar-refractivity contribution in [2.45, 2.75) is 12.5 Å². The first kappa shape index (κ1) is 14.0. The van der Waals surface area contributed by atoms with E-state index in [1.807, 2.05) is 25.4 Å². The smallest absolute Gasteiger partial charge is 0.180 e. The number of benzene rings is 1. The van der Waals surface area contributed by atoms with Gasteiger partial charge in [0.25, 0.3) is 0 Å². The average Bonchev–Trinajstić information content (AvgIpc) is 2.82. The standard InChI is InChI=1S/C13H14Cl2N2O2/c1-17-4-3-10(16-17)8-19-13-11(15)5-9(7-14)6-12(13)18-2/h3-6H,7-8H2,1-2H3. The molecule has 1 aromatic carbocycles. The minimum absolute atomic E-state index is 0.330. The van der Waals surface area contributed by atoms with Crippen LogP contribution >= 0.6 is 23.2 Å². The highest BCUT2D eigenvalue weighted by molar-refractivity contribution is 6.32. The predicted octanol–water partition coefficient (Wildman–Crippen LogP) is 3.40. The van der Waals surface area contributed by atoms with E-state index in [0.29, 0.717) is 29.0 Å². The first-order valence-corrected chi connectivity index (χ1v) is 6.59. The van der Waals surface area contributed by atoms with Gasteiger partial charge >= 0.3 is 0 Å². The van der Waals surface area contributed by atoms with Crippen LogP contribution in [0.1, 0.15) is 11.3 Å². The summed E-state index contributed by atoms with van der Waals surface area (Å²) in [4.78, 5) is 0. The first-order chi connectivity index (χ1) is 9.13. The number of methoxy groups -OCH3 is 1. The zero-order chi connectivity index (χ0) is 13.8. The minimum atomic E-state index is 0.330. The first-order valence-electron chi connectivity index (χ1n) is 5.67. The number of rotatable bonds is 5. The summed E-state index contributed by atoms with van der Waals surface area (Å²) in [6.45, 7) is 0.330. The second-order valence-corrected chi connectivity index (χ2v) is 4.69. The summed E-state index contributed by atoms with van der Waals surface area (Å²) in [5.74, 6) is 1.44. The third-order valence-corrected chi connectivity index (χ3v) is 3.17. The van der Waals surface area contributed by atoms with Gasteiger partial charge in [-0.05, 0) is 23.8 Å². The zero-order valence-electron chi connectivity index (χ0n) is 10.7. The molecule has 0 radical (unpaired) electrons. The van der Waals surface area contributed by atoms with Crippen LogP contribution in [0.5, 0.6) is 11.5 Å². The molecule has 2 aromatic rings. The Bertz CT molecular complexity index is 570. The zero-order valence-corrected chi connectivity index (χ0v) is 12.2. The maximum absolute atomic E-state index is 6.17. The van der Waals surface area contributed by atoms with Gasteiger partial charge in [-0.2, -0.15) is 5.10 Å². The highest BCUT2D eigenvalue weighted by atomic mass is 35.5. The fourth-order valence-electron chi connectivity index (χ4n) is 1.68. The van der Waals surface area contributed by atoms with E-state index in [1.54, 1.807) is 17.9 Å². The molecule has 19 heavy (non-hydrogen) atoms. The van der Waals surface area contributed by atoms with Gasteiger partial charge in [-0.15, -0.1) is 11.6 Å². The molecule has 0 unspecified atom stereocenters. The van der Waals surface area contributed by atoms with Crippen molar-refractivity contribution >= 4 is 23.2 Å². The van der Waals surface area contributed by atoms with Crippen molar-refractivity contribution in [2.24, 2.45) is 7.05 Å². The van der Waals surface area contributed by atoms with E-state index in [1.165, 1.54) is 0 Å². The fraction of sp³-hybridized carbons (Fsp3) is 0.308. The number of alkyl halides is 1. The minimum Gasteiger partial charge on any atom is -0.493 e. The molecule has 1 aromatic heterocycles. The van der Waals surface area contributed by atoms with Crippen molar-refractivity contribution in [2.75, 3.05) is 7.11 Å². The fourth-order valence-corrected chi connectivity index (χ4v) is 2.12. The molecule has 0 aliphatic rings. The molecule has 0 spiro atoms. The molecule has 0 saturated carbocycles. The molecule has 0 aliphatic heterocycles. The van der Waals surface area contributed by atoms with Gasteiger partial charge in [-0.3, -0.25) is 4.68 Å². The van der Waals surface area contributed by atoms with E-state index in [4.69, 9.17) is 32.7 Å². The van der Waals surface area contributed by atoms with Crippen LogP contribution in [0.3, 0.4) is 0 Å². The maximum atomic E-state index is 6.17. The lowest BCUT2D eigenvalue weighted by molar-refractivity contribution is 0.280. The number of halogens is 2. The van der Waals surface area contributed by atoms with Gasteiger partial charge in [-0.1, -0.05) is 11.6 Å². The van der Waals surface area contributed by atoms with Crippen LogP contribution in [0.2, 0.25) is 5.02 Å². The van der Waals surface area contributed by atoms with Crippen LogP contribution in [0.15, 0.2) is 24.4 Å². The largest absolute Gasteiger partial charge is 0.493 e. The Balaban J connectivity index is 2.19. The third-order valence-electron chi connectivity index (χ3n) is 2.58. The summed E-state index contributed by atoms with van der Waals surface area (Å²) in [7, 11) is 3.42. The van der Waals surface area contributed by atoms with E-state index >= 15 is 0 Å². The number of nitrogens with zero attached hydrogens (tertiary/aromatic N) is 2. The average molecular weight is 301 g/mol. The molecule has 0 aliphatic carbocycles. The molecule has 0 bridgehead atoms. The monoisotopic (exact) mass is 300 g/mol.